The molecule has 0 fully saturated rings. The van der Waals surface area contributed by atoms with Crippen LogP contribution in [0.5, 0.6) is 5.75 Å². The van der Waals surface area contributed by atoms with Crippen LogP contribution >= 0.6 is 11.3 Å². The van der Waals surface area contributed by atoms with E-state index in [1.165, 1.54) is 11.3 Å². The maximum Gasteiger partial charge on any atom is 0.251 e. The van der Waals surface area contributed by atoms with E-state index in [9.17, 15) is 9.59 Å². The van der Waals surface area contributed by atoms with Gasteiger partial charge in [0, 0.05) is 6.54 Å². The Morgan fingerprint density at radius 1 is 1.28 bits per heavy atom. The molecule has 1 atom stereocenters. The molecule has 0 bridgehead atoms. The van der Waals surface area contributed by atoms with Gasteiger partial charge in [-0.3, -0.25) is 14.5 Å². The summed E-state index contributed by atoms with van der Waals surface area (Å²) in [7, 11) is 1.88. The number of hydrogen-bond donors (Lipinski definition) is 2. The van der Waals surface area contributed by atoms with Gasteiger partial charge in [0.05, 0.1) is 18.2 Å². The van der Waals surface area contributed by atoms with Crippen molar-refractivity contribution in [3.8, 4) is 5.75 Å². The minimum Gasteiger partial charge on any atom is -0.494 e. The van der Waals surface area contributed by atoms with E-state index in [4.69, 9.17) is 10.5 Å². The molecular formula is C18H23N3O3S. The van der Waals surface area contributed by atoms with E-state index in [1.807, 2.05) is 50.1 Å². The highest BCUT2D eigenvalue weighted by Crippen LogP contribution is 2.23. The van der Waals surface area contributed by atoms with Crippen molar-refractivity contribution in [3.05, 3.63) is 46.8 Å². The van der Waals surface area contributed by atoms with E-state index >= 15 is 0 Å². The first-order chi connectivity index (χ1) is 11.9. The number of primary amides is 1. The summed E-state index contributed by atoms with van der Waals surface area (Å²) in [6.07, 6.45) is 0. The number of hydrogen-bond acceptors (Lipinski definition) is 5. The second-order valence-electron chi connectivity index (χ2n) is 5.68. The van der Waals surface area contributed by atoms with Crippen LogP contribution in [0.4, 0.5) is 5.00 Å². The number of thiophene rings is 1. The fraction of sp³-hybridized carbons (Fsp3) is 0.333. The third kappa shape index (κ3) is 5.04. The van der Waals surface area contributed by atoms with E-state index in [0.717, 1.165) is 11.3 Å². The molecule has 2 aromatic rings. The van der Waals surface area contributed by atoms with E-state index in [0.29, 0.717) is 23.7 Å². The van der Waals surface area contributed by atoms with Gasteiger partial charge >= 0.3 is 0 Å². The first-order valence-electron chi connectivity index (χ1n) is 8.02. The number of ether oxygens (including phenoxy) is 1. The van der Waals surface area contributed by atoms with Crippen LogP contribution < -0.4 is 15.8 Å². The molecule has 0 saturated heterocycles. The highest BCUT2D eigenvalue weighted by atomic mass is 32.1. The molecule has 0 unspecified atom stereocenters. The van der Waals surface area contributed by atoms with Crippen LogP contribution in [0.3, 0.4) is 0 Å². The number of nitrogens with one attached hydrogen (secondary N) is 1. The maximum absolute atomic E-state index is 12.4. The van der Waals surface area contributed by atoms with Gasteiger partial charge in [-0.2, -0.15) is 0 Å². The lowest BCUT2D eigenvalue weighted by molar-refractivity contribution is -0.120. The molecule has 0 aliphatic carbocycles. The number of nitrogens with two attached hydrogens (primary N) is 1. The molecule has 6 nitrogen and oxygen atoms in total. The summed E-state index contributed by atoms with van der Waals surface area (Å²) in [5.41, 5.74) is 6.72. The number of likely N-dealkylation sites (N-methyl/N-ethyl adjacent to an activating group) is 1. The van der Waals surface area contributed by atoms with Crippen LogP contribution in [0.2, 0.25) is 0 Å². The normalized spacial score (nSPS) is 12.0. The molecule has 0 radical (unpaired) electrons. The zero-order valence-corrected chi connectivity index (χ0v) is 15.4. The summed E-state index contributed by atoms with van der Waals surface area (Å²) in [5, 5.41) is 4.99. The number of rotatable bonds is 8. The number of amides is 2. The number of nitrogens with zero attached hydrogens (tertiary/aromatic N) is 1. The molecule has 3 N–H and O–H groups in total. The van der Waals surface area contributed by atoms with Crippen molar-refractivity contribution in [2.75, 3.05) is 19.0 Å². The van der Waals surface area contributed by atoms with E-state index in [1.54, 1.807) is 11.4 Å². The molecule has 1 aromatic carbocycles. The average Bonchev–Trinajstić information content (AvgIpc) is 3.04. The van der Waals surface area contributed by atoms with Crippen molar-refractivity contribution >= 4 is 28.2 Å². The Kier molecular flexibility index (Phi) is 6.55. The van der Waals surface area contributed by atoms with Gasteiger partial charge in [0.2, 0.25) is 5.91 Å². The smallest absolute Gasteiger partial charge is 0.251 e. The van der Waals surface area contributed by atoms with Gasteiger partial charge in [0.15, 0.2) is 0 Å². The van der Waals surface area contributed by atoms with Crippen molar-refractivity contribution in [2.45, 2.75) is 26.4 Å². The molecule has 0 saturated carbocycles. The third-order valence-corrected chi connectivity index (χ3v) is 4.70. The molecule has 1 aromatic heterocycles. The van der Waals surface area contributed by atoms with E-state index < -0.39 is 5.91 Å². The van der Waals surface area contributed by atoms with Gasteiger partial charge in [-0.25, -0.2) is 0 Å². The van der Waals surface area contributed by atoms with Crippen LogP contribution in [0, 0.1) is 0 Å². The number of carbonyl (C=O) groups excluding carboxylic acids is 2. The second kappa shape index (κ2) is 8.64. The predicted molar refractivity (Wildman–Crippen MR) is 100 cm³/mol. The van der Waals surface area contributed by atoms with Crippen LogP contribution in [0.25, 0.3) is 0 Å². The summed E-state index contributed by atoms with van der Waals surface area (Å²) >= 11 is 1.28. The zero-order valence-electron chi connectivity index (χ0n) is 14.6. The Hall–Kier alpha value is -2.38. The van der Waals surface area contributed by atoms with Crippen LogP contribution in [0.15, 0.2) is 35.7 Å². The maximum atomic E-state index is 12.4. The van der Waals surface area contributed by atoms with E-state index in [-0.39, 0.29) is 11.9 Å². The quantitative estimate of drug-likeness (QED) is 0.757. The van der Waals surface area contributed by atoms with Gasteiger partial charge in [-0.1, -0.05) is 12.1 Å². The van der Waals surface area contributed by atoms with Crippen molar-refractivity contribution in [3.63, 3.8) is 0 Å². The van der Waals surface area contributed by atoms with Crippen molar-refractivity contribution < 1.29 is 14.3 Å². The summed E-state index contributed by atoms with van der Waals surface area (Å²) in [6.45, 7) is 5.02. The minimum atomic E-state index is -0.549. The lowest BCUT2D eigenvalue weighted by atomic mass is 10.2. The van der Waals surface area contributed by atoms with Gasteiger partial charge in [-0.15, -0.1) is 11.3 Å². The largest absolute Gasteiger partial charge is 0.494 e. The summed E-state index contributed by atoms with van der Waals surface area (Å²) in [4.78, 5) is 25.7. The van der Waals surface area contributed by atoms with Crippen molar-refractivity contribution in [1.82, 2.24) is 4.90 Å². The van der Waals surface area contributed by atoms with Gasteiger partial charge < -0.3 is 15.8 Å². The molecule has 25 heavy (non-hydrogen) atoms. The summed E-state index contributed by atoms with van der Waals surface area (Å²) in [5.74, 6) is 0.0988. The molecule has 2 amide bonds. The summed E-state index contributed by atoms with van der Waals surface area (Å²) < 4.78 is 5.43. The average molecular weight is 361 g/mol. The van der Waals surface area contributed by atoms with Crippen LogP contribution in [-0.4, -0.2) is 36.4 Å². The first kappa shape index (κ1) is 19.0. The molecule has 0 spiro atoms. The Bertz CT molecular complexity index is 727. The van der Waals surface area contributed by atoms with Crippen LogP contribution in [-0.2, 0) is 11.3 Å². The second-order valence-corrected chi connectivity index (χ2v) is 6.60. The molecule has 1 heterocycles. The fourth-order valence-electron chi connectivity index (χ4n) is 2.30. The predicted octanol–water partition coefficient (Wildman–Crippen LogP) is 2.70. The lowest BCUT2D eigenvalue weighted by Gasteiger charge is -2.24. The number of carbonyl (C=O) groups is 2. The lowest BCUT2D eigenvalue weighted by Crippen LogP contribution is -2.39. The van der Waals surface area contributed by atoms with Crippen LogP contribution in [0.1, 0.15) is 29.8 Å². The highest BCUT2D eigenvalue weighted by Gasteiger charge is 2.20. The fourth-order valence-corrected chi connectivity index (χ4v) is 3.09. The topological polar surface area (TPSA) is 84.7 Å². The van der Waals surface area contributed by atoms with Gasteiger partial charge in [-0.05, 0) is 50.0 Å². The van der Waals surface area contributed by atoms with Gasteiger partial charge in [0.25, 0.3) is 5.91 Å². The Balaban J connectivity index is 1.96. The summed E-state index contributed by atoms with van der Waals surface area (Å²) in [6, 6.07) is 9.04. The Morgan fingerprint density at radius 3 is 2.56 bits per heavy atom. The highest BCUT2D eigenvalue weighted by molar-refractivity contribution is 7.14. The first-order valence-corrected chi connectivity index (χ1v) is 8.90. The molecule has 0 aliphatic rings. The zero-order chi connectivity index (χ0) is 18.4. The molecule has 2 rings (SSSR count). The Morgan fingerprint density at radius 2 is 1.96 bits per heavy atom. The van der Waals surface area contributed by atoms with E-state index in [2.05, 4.69) is 5.32 Å². The molecule has 0 aliphatic heterocycles. The molecule has 134 valence electrons. The van der Waals surface area contributed by atoms with Crippen molar-refractivity contribution in [2.24, 2.45) is 5.73 Å². The van der Waals surface area contributed by atoms with Gasteiger partial charge in [0.1, 0.15) is 10.8 Å². The number of benzene rings is 1. The molecular weight excluding hydrogens is 338 g/mol. The standard InChI is InChI=1S/C18H23N3O3S/c1-4-24-14-7-5-13(6-8-14)11-21(3)12(2)17(23)20-18-15(16(19)22)9-10-25-18/h5-10,12H,4,11H2,1-3H3,(H2,19,22)(H,20,23)/t12-/m1/s1. The third-order valence-electron chi connectivity index (χ3n) is 3.87. The number of anilines is 1. The SMILES string of the molecule is CCOc1ccc(CN(C)[C@H](C)C(=O)Nc2sccc2C(N)=O)cc1. The minimum absolute atomic E-state index is 0.182. The molecule has 7 heteroatoms. The Labute approximate surface area is 151 Å². The monoisotopic (exact) mass is 361 g/mol. The van der Waals surface area contributed by atoms with Crippen molar-refractivity contribution in [1.29, 1.82) is 0 Å².